The van der Waals surface area contributed by atoms with E-state index in [0.29, 0.717) is 27.3 Å². The summed E-state index contributed by atoms with van der Waals surface area (Å²) in [7, 11) is 0. The van der Waals surface area contributed by atoms with Gasteiger partial charge in [0, 0.05) is 12.1 Å². The van der Waals surface area contributed by atoms with E-state index in [-0.39, 0.29) is 18.1 Å². The summed E-state index contributed by atoms with van der Waals surface area (Å²) in [6.07, 6.45) is 0. The molecule has 0 fully saturated rings. The van der Waals surface area contributed by atoms with Crippen LogP contribution in [0.1, 0.15) is 10.4 Å². The lowest BCUT2D eigenvalue weighted by Gasteiger charge is -1.99. The van der Waals surface area contributed by atoms with Crippen LogP contribution in [0.3, 0.4) is 0 Å². The number of nitrogens with two attached hydrogens (primary N) is 2. The first kappa shape index (κ1) is 15.8. The summed E-state index contributed by atoms with van der Waals surface area (Å²) in [4.78, 5) is 10.4. The number of phenolic OH excluding ortho intramolecular Hbond substituents is 1. The van der Waals surface area contributed by atoms with E-state index in [2.05, 4.69) is 15.9 Å². The van der Waals surface area contributed by atoms with E-state index in [1.165, 1.54) is 24.3 Å². The highest BCUT2D eigenvalue weighted by atomic mass is 79.9. The molecule has 0 spiro atoms. The molecule has 6 N–H and O–H groups in total. The first-order valence-corrected chi connectivity index (χ1v) is 6.84. The fourth-order valence-electron chi connectivity index (χ4n) is 1.61. The highest BCUT2D eigenvalue weighted by Gasteiger charge is 2.15. The van der Waals surface area contributed by atoms with Crippen molar-refractivity contribution in [3.8, 4) is 17.2 Å². The van der Waals surface area contributed by atoms with Crippen molar-refractivity contribution in [1.82, 2.24) is 0 Å². The van der Waals surface area contributed by atoms with Crippen molar-refractivity contribution >= 4 is 33.3 Å². The van der Waals surface area contributed by atoms with Gasteiger partial charge in [0.1, 0.15) is 5.75 Å². The Morgan fingerprint density at radius 3 is 2.32 bits per heavy atom. The van der Waals surface area contributed by atoms with Gasteiger partial charge in [0.2, 0.25) is 6.79 Å². The number of nitrogen functional groups attached to an aromatic ring is 2. The Hall–Kier alpha value is -2.61. The summed E-state index contributed by atoms with van der Waals surface area (Å²) in [5.41, 5.74) is 11.6. The third kappa shape index (κ3) is 3.53. The molecule has 2 aromatic carbocycles. The molecule has 1 heterocycles. The molecule has 7 nitrogen and oxygen atoms in total. The largest absolute Gasteiger partial charge is 0.507 e. The minimum atomic E-state index is -1.00. The average Bonchev–Trinajstić information content (AvgIpc) is 2.90. The van der Waals surface area contributed by atoms with Gasteiger partial charge in [0.25, 0.3) is 0 Å². The predicted molar refractivity (Wildman–Crippen MR) is 84.2 cm³/mol. The SMILES string of the molecule is Nc1ccc(C(=O)O)cc1N.Oc1cc2c(cc1Br)OCO2. The van der Waals surface area contributed by atoms with Crippen molar-refractivity contribution in [3.63, 3.8) is 0 Å². The third-order valence-electron chi connectivity index (χ3n) is 2.78. The summed E-state index contributed by atoms with van der Waals surface area (Å²) in [6, 6.07) is 7.41. The maximum Gasteiger partial charge on any atom is 0.335 e. The fraction of sp³-hybridized carbons (Fsp3) is 0.0714. The van der Waals surface area contributed by atoms with Crippen LogP contribution in [0.25, 0.3) is 0 Å². The van der Waals surface area contributed by atoms with Crippen molar-refractivity contribution in [2.45, 2.75) is 0 Å². The monoisotopic (exact) mass is 368 g/mol. The number of carboxylic acids is 1. The number of rotatable bonds is 1. The molecule has 0 unspecified atom stereocenters. The molecule has 0 bridgehead atoms. The van der Waals surface area contributed by atoms with Gasteiger partial charge in [0.05, 0.1) is 21.4 Å². The molecule has 0 saturated carbocycles. The van der Waals surface area contributed by atoms with Gasteiger partial charge in [-0.2, -0.15) is 0 Å². The van der Waals surface area contributed by atoms with E-state index in [4.69, 9.17) is 26.0 Å². The second-order valence-electron chi connectivity index (χ2n) is 4.31. The Morgan fingerprint density at radius 2 is 1.73 bits per heavy atom. The second-order valence-corrected chi connectivity index (χ2v) is 5.16. The Labute approximate surface area is 134 Å². The van der Waals surface area contributed by atoms with Gasteiger partial charge >= 0.3 is 5.97 Å². The number of hydrogen-bond donors (Lipinski definition) is 4. The highest BCUT2D eigenvalue weighted by Crippen LogP contribution is 2.39. The van der Waals surface area contributed by atoms with Crippen LogP contribution in [0.4, 0.5) is 11.4 Å². The number of anilines is 2. The number of aromatic hydroxyl groups is 1. The molecular formula is C14H13BrN2O5. The van der Waals surface area contributed by atoms with Crippen LogP contribution in [-0.4, -0.2) is 23.0 Å². The van der Waals surface area contributed by atoms with Gasteiger partial charge in [-0.1, -0.05) is 0 Å². The van der Waals surface area contributed by atoms with Gasteiger partial charge in [0.15, 0.2) is 11.5 Å². The van der Waals surface area contributed by atoms with Crippen molar-refractivity contribution in [1.29, 1.82) is 0 Å². The summed E-state index contributed by atoms with van der Waals surface area (Å²) in [5.74, 6) is 0.409. The van der Waals surface area contributed by atoms with E-state index in [0.717, 1.165) is 0 Å². The molecule has 1 aliphatic rings. The van der Waals surface area contributed by atoms with Crippen molar-refractivity contribution < 1.29 is 24.5 Å². The lowest BCUT2D eigenvalue weighted by atomic mass is 10.2. The van der Waals surface area contributed by atoms with Gasteiger partial charge in [-0.15, -0.1) is 0 Å². The molecule has 2 aromatic rings. The van der Waals surface area contributed by atoms with E-state index in [9.17, 15) is 9.90 Å². The molecule has 0 amide bonds. The minimum absolute atomic E-state index is 0.150. The first-order chi connectivity index (χ1) is 10.4. The molecule has 0 aromatic heterocycles. The molecule has 3 rings (SSSR count). The van der Waals surface area contributed by atoms with Crippen molar-refractivity contribution in [2.24, 2.45) is 0 Å². The maximum atomic E-state index is 10.4. The fourth-order valence-corrected chi connectivity index (χ4v) is 1.94. The Kier molecular flexibility index (Phi) is 4.62. The van der Waals surface area contributed by atoms with Crippen LogP contribution in [0.5, 0.6) is 17.2 Å². The Morgan fingerprint density at radius 1 is 1.09 bits per heavy atom. The number of hydrogen-bond acceptors (Lipinski definition) is 6. The predicted octanol–water partition coefficient (Wildman–Crippen LogP) is 2.43. The van der Waals surface area contributed by atoms with Crippen LogP contribution in [0, 0.1) is 0 Å². The van der Waals surface area contributed by atoms with E-state index < -0.39 is 5.97 Å². The number of ether oxygens (including phenoxy) is 2. The number of aromatic carboxylic acids is 1. The van der Waals surface area contributed by atoms with E-state index in [1.807, 2.05) is 0 Å². The average molecular weight is 369 g/mol. The molecule has 116 valence electrons. The normalized spacial score (nSPS) is 11.5. The third-order valence-corrected chi connectivity index (χ3v) is 3.41. The minimum Gasteiger partial charge on any atom is -0.507 e. The second kappa shape index (κ2) is 6.44. The lowest BCUT2D eigenvalue weighted by molar-refractivity contribution is 0.0697. The molecule has 0 atom stereocenters. The zero-order valence-electron chi connectivity index (χ0n) is 11.2. The van der Waals surface area contributed by atoms with Crippen LogP contribution in [0.2, 0.25) is 0 Å². The topological polar surface area (TPSA) is 128 Å². The number of benzene rings is 2. The maximum absolute atomic E-state index is 10.4. The first-order valence-electron chi connectivity index (χ1n) is 6.05. The number of halogens is 1. The number of fused-ring (bicyclic) bond motifs is 1. The zero-order chi connectivity index (χ0) is 16.3. The van der Waals surface area contributed by atoms with Gasteiger partial charge < -0.3 is 31.2 Å². The summed E-state index contributed by atoms with van der Waals surface area (Å²) in [5, 5.41) is 17.7. The summed E-state index contributed by atoms with van der Waals surface area (Å²) in [6.45, 7) is 0.227. The molecule has 0 saturated heterocycles. The molecular weight excluding hydrogens is 356 g/mol. The van der Waals surface area contributed by atoms with Gasteiger partial charge in [-0.25, -0.2) is 4.79 Å². The Balaban J connectivity index is 0.000000160. The van der Waals surface area contributed by atoms with Crippen molar-refractivity contribution in [2.75, 3.05) is 18.3 Å². The van der Waals surface area contributed by atoms with Crippen molar-refractivity contribution in [3.05, 3.63) is 40.4 Å². The Bertz CT molecular complexity index is 692. The highest BCUT2D eigenvalue weighted by molar-refractivity contribution is 9.10. The molecule has 0 radical (unpaired) electrons. The molecule has 22 heavy (non-hydrogen) atoms. The van der Waals surface area contributed by atoms with Crippen LogP contribution < -0.4 is 20.9 Å². The lowest BCUT2D eigenvalue weighted by Crippen LogP contribution is -2.00. The van der Waals surface area contributed by atoms with E-state index >= 15 is 0 Å². The number of phenols is 1. The summed E-state index contributed by atoms with van der Waals surface area (Å²) >= 11 is 3.16. The van der Waals surface area contributed by atoms with Crippen LogP contribution >= 0.6 is 15.9 Å². The van der Waals surface area contributed by atoms with Crippen LogP contribution in [0.15, 0.2) is 34.8 Å². The van der Waals surface area contributed by atoms with E-state index in [1.54, 1.807) is 6.07 Å². The quantitative estimate of drug-likeness (QED) is 0.569. The van der Waals surface area contributed by atoms with Crippen LogP contribution in [-0.2, 0) is 0 Å². The standard InChI is InChI=1S/C7H5BrO3.C7H8N2O2/c8-4-1-6-7(2-5(4)9)11-3-10-6;8-5-2-1-4(7(10)11)3-6(5)9/h1-2,9H,3H2;1-3H,8-9H2,(H,10,11). The van der Waals surface area contributed by atoms with Gasteiger partial charge in [-0.3, -0.25) is 0 Å². The number of carbonyl (C=O) groups is 1. The molecule has 0 aliphatic carbocycles. The number of carboxylic acid groups (broad SMARTS) is 1. The molecule has 8 heteroatoms. The smallest absolute Gasteiger partial charge is 0.335 e. The van der Waals surface area contributed by atoms with Gasteiger partial charge in [-0.05, 0) is 34.1 Å². The summed E-state index contributed by atoms with van der Waals surface area (Å²) < 4.78 is 10.7. The zero-order valence-corrected chi connectivity index (χ0v) is 12.8. The molecule has 1 aliphatic heterocycles.